The van der Waals surface area contributed by atoms with Crippen molar-refractivity contribution in [1.82, 2.24) is 0 Å². The van der Waals surface area contributed by atoms with Crippen LogP contribution in [0, 0.1) is 23.7 Å². The zero-order valence-corrected chi connectivity index (χ0v) is 66.7. The smallest absolute Gasteiger partial charge is 0.330 e. The Bertz CT molecular complexity index is 1610. The van der Waals surface area contributed by atoms with Crippen LogP contribution < -0.4 is 0 Å². The van der Waals surface area contributed by atoms with Crippen molar-refractivity contribution >= 4 is 23.9 Å². The number of carbonyl (C=O) groups is 4. The van der Waals surface area contributed by atoms with E-state index in [-0.39, 0.29) is 23.9 Å². The van der Waals surface area contributed by atoms with Crippen LogP contribution >= 0.6 is 0 Å². The maximum atomic E-state index is 11.1. The molecule has 0 aliphatic rings. The SMILES string of the molecule is C=CC(=O)OCCCC(CCCCCC)CCCCCCCC.C=CC(=O)OCCCC(CCCCCCC)CCCCCCCC.C=CC(=O)OCCCC(CCCCCCC)CCCCCCCCC.C=CC(=O)OCCCC(CCCCCCCC)CCCCCCCC. The van der Waals surface area contributed by atoms with Crippen molar-refractivity contribution in [2.75, 3.05) is 26.4 Å². The molecule has 0 aromatic heterocycles. The lowest BCUT2D eigenvalue weighted by atomic mass is 9.90. The van der Waals surface area contributed by atoms with Gasteiger partial charge in [0.05, 0.1) is 26.4 Å². The van der Waals surface area contributed by atoms with Crippen LogP contribution in [0.25, 0.3) is 0 Å². The first kappa shape index (κ1) is 100. The van der Waals surface area contributed by atoms with Gasteiger partial charge in [-0.25, -0.2) is 19.2 Å². The first-order valence-electron chi connectivity index (χ1n) is 42.6. The Morgan fingerprint density at radius 2 is 0.309 bits per heavy atom. The fraction of sp³-hybridized carbons (Fsp3) is 0.865. The Kier molecular flexibility index (Phi) is 91.9. The topological polar surface area (TPSA) is 105 Å². The number of unbranched alkanes of at least 4 members (excludes halogenated alkanes) is 37. The summed E-state index contributed by atoms with van der Waals surface area (Å²) in [5.74, 6) is 2.12. The highest BCUT2D eigenvalue weighted by Crippen LogP contribution is 2.28. The van der Waals surface area contributed by atoms with Gasteiger partial charge in [-0.3, -0.25) is 0 Å². The second-order valence-electron chi connectivity index (χ2n) is 28.9. The largest absolute Gasteiger partial charge is 0.463 e. The highest BCUT2D eigenvalue weighted by Gasteiger charge is 2.14. The van der Waals surface area contributed by atoms with Crippen molar-refractivity contribution in [1.29, 1.82) is 0 Å². The summed E-state index contributed by atoms with van der Waals surface area (Å²) in [5.41, 5.74) is 0. The maximum absolute atomic E-state index is 11.1. The van der Waals surface area contributed by atoms with Gasteiger partial charge in [-0.15, -0.1) is 0 Å². The molecule has 0 saturated heterocycles. The van der Waals surface area contributed by atoms with Crippen molar-refractivity contribution < 1.29 is 38.1 Å². The molecular formula is C89H170O8. The van der Waals surface area contributed by atoms with Crippen molar-refractivity contribution in [2.45, 2.75) is 447 Å². The molecule has 8 heteroatoms. The molecule has 0 rings (SSSR count). The zero-order valence-electron chi connectivity index (χ0n) is 66.7. The molecule has 0 saturated carbocycles. The highest BCUT2D eigenvalue weighted by atomic mass is 16.5. The lowest BCUT2D eigenvalue weighted by Gasteiger charge is -2.17. The average Bonchev–Trinajstić information content (AvgIpc) is 3.68. The quantitative estimate of drug-likeness (QED) is 0.0257. The van der Waals surface area contributed by atoms with E-state index >= 15 is 0 Å². The van der Waals surface area contributed by atoms with Crippen molar-refractivity contribution in [2.24, 2.45) is 23.7 Å². The third kappa shape index (κ3) is 87.0. The van der Waals surface area contributed by atoms with Crippen molar-refractivity contribution in [3.63, 3.8) is 0 Å². The van der Waals surface area contributed by atoms with Gasteiger partial charge in [0.1, 0.15) is 0 Å². The van der Waals surface area contributed by atoms with Gasteiger partial charge in [-0.2, -0.15) is 0 Å². The summed E-state index contributed by atoms with van der Waals surface area (Å²) in [6.45, 7) is 34.1. The van der Waals surface area contributed by atoms with Gasteiger partial charge in [0.15, 0.2) is 0 Å². The van der Waals surface area contributed by atoms with Crippen LogP contribution in [-0.4, -0.2) is 50.3 Å². The molecule has 0 aromatic carbocycles. The molecule has 0 N–H and O–H groups in total. The van der Waals surface area contributed by atoms with Gasteiger partial charge < -0.3 is 18.9 Å². The second-order valence-corrected chi connectivity index (χ2v) is 28.9. The molecule has 0 fully saturated rings. The molecule has 3 unspecified atom stereocenters. The number of ether oxygens (including phenoxy) is 4. The predicted molar refractivity (Wildman–Crippen MR) is 426 cm³/mol. The molecule has 0 aliphatic carbocycles. The minimum Gasteiger partial charge on any atom is -0.463 e. The fourth-order valence-electron chi connectivity index (χ4n) is 13.3. The lowest BCUT2D eigenvalue weighted by Crippen LogP contribution is -2.06. The summed E-state index contributed by atoms with van der Waals surface area (Å²) in [7, 11) is 0. The van der Waals surface area contributed by atoms with E-state index in [1.165, 1.54) is 390 Å². The van der Waals surface area contributed by atoms with Crippen LogP contribution in [-0.2, 0) is 38.1 Å². The molecule has 97 heavy (non-hydrogen) atoms. The molecule has 0 aromatic rings. The zero-order chi connectivity index (χ0) is 72.2. The first-order valence-corrected chi connectivity index (χ1v) is 42.6. The number of rotatable bonds is 73. The summed E-state index contributed by atoms with van der Waals surface area (Å²) in [5, 5.41) is 0. The highest BCUT2D eigenvalue weighted by molar-refractivity contribution is 5.82. The number of hydrogen-bond donors (Lipinski definition) is 0. The van der Waals surface area contributed by atoms with E-state index in [9.17, 15) is 19.2 Å². The summed E-state index contributed by atoms with van der Waals surface area (Å²) in [6.07, 6.45) is 86.4. The van der Waals surface area contributed by atoms with Crippen LogP contribution in [0.4, 0.5) is 0 Å². The molecule has 3 atom stereocenters. The van der Waals surface area contributed by atoms with E-state index < -0.39 is 0 Å². The van der Waals surface area contributed by atoms with Gasteiger partial charge >= 0.3 is 23.9 Å². The van der Waals surface area contributed by atoms with Crippen LogP contribution in [0.5, 0.6) is 0 Å². The van der Waals surface area contributed by atoms with E-state index in [0.717, 1.165) is 49.4 Å². The van der Waals surface area contributed by atoms with Crippen LogP contribution in [0.15, 0.2) is 50.6 Å². The van der Waals surface area contributed by atoms with E-state index in [2.05, 4.69) is 81.7 Å². The van der Waals surface area contributed by atoms with Gasteiger partial charge in [0.2, 0.25) is 0 Å². The fourth-order valence-corrected chi connectivity index (χ4v) is 13.3. The minimum atomic E-state index is -0.291. The third-order valence-corrected chi connectivity index (χ3v) is 19.6. The molecule has 0 amide bonds. The Labute approximate surface area is 606 Å². The standard InChI is InChI=1S/2C23H44O2.C22H42O2.C21H40O2/c1-4-7-9-11-12-14-16-19-22(18-15-13-10-8-5-2)20-17-21-25-23(24)6-3;1-4-7-9-11-13-15-18-22(19-16-14-12-10-8-5-2)20-17-21-25-23(24)6-3;1-4-7-9-11-13-15-18-21(17-14-12-10-8-5-2)19-16-20-24-22(23)6-3;1-4-7-9-11-12-14-17-20(16-13-10-8-5-2)18-15-19-23-21(22)6-3/h2*6,22H,3-5,7-21H2,1-2H3;6,21H,3-5,7-20H2,1-2H3;6,20H,3-5,7-19H2,1-2H3. The van der Waals surface area contributed by atoms with Crippen LogP contribution in [0.2, 0.25) is 0 Å². The Morgan fingerprint density at radius 1 is 0.196 bits per heavy atom. The molecule has 0 bridgehead atoms. The van der Waals surface area contributed by atoms with Gasteiger partial charge in [-0.05, 0) is 75.0 Å². The molecule has 0 aliphatic heterocycles. The summed E-state index contributed by atoms with van der Waals surface area (Å²) in [4.78, 5) is 44.4. The van der Waals surface area contributed by atoms with Crippen LogP contribution in [0.1, 0.15) is 447 Å². The second kappa shape index (κ2) is 88.9. The predicted octanol–water partition coefficient (Wildman–Crippen LogP) is 29.3. The monoisotopic (exact) mass is 1370 g/mol. The Balaban J connectivity index is -0.000000595. The van der Waals surface area contributed by atoms with Crippen LogP contribution in [0.3, 0.4) is 0 Å². The number of carbonyl (C=O) groups excluding carboxylic acids is 4. The number of hydrogen-bond acceptors (Lipinski definition) is 8. The van der Waals surface area contributed by atoms with E-state index in [1.54, 1.807) is 0 Å². The summed E-state index contributed by atoms with van der Waals surface area (Å²) >= 11 is 0. The molecule has 0 heterocycles. The molecule has 0 radical (unpaired) electrons. The minimum absolute atomic E-state index is 0.289. The van der Waals surface area contributed by atoms with Gasteiger partial charge in [-0.1, -0.05) is 422 Å². The third-order valence-electron chi connectivity index (χ3n) is 19.6. The Hall–Kier alpha value is -3.16. The molecule has 8 nitrogen and oxygen atoms in total. The van der Waals surface area contributed by atoms with Gasteiger partial charge in [0.25, 0.3) is 0 Å². The normalized spacial score (nSPS) is 11.8. The molecular weight excluding hydrogens is 1200 g/mol. The Morgan fingerprint density at radius 3 is 0.443 bits per heavy atom. The molecule has 574 valence electrons. The van der Waals surface area contributed by atoms with E-state index in [4.69, 9.17) is 18.9 Å². The van der Waals surface area contributed by atoms with Gasteiger partial charge in [0, 0.05) is 24.3 Å². The van der Waals surface area contributed by atoms with E-state index in [0.29, 0.717) is 26.4 Å². The van der Waals surface area contributed by atoms with E-state index in [1.807, 2.05) is 0 Å². The van der Waals surface area contributed by atoms with Crippen molar-refractivity contribution in [3.8, 4) is 0 Å². The summed E-state index contributed by atoms with van der Waals surface area (Å²) in [6, 6.07) is 0. The summed E-state index contributed by atoms with van der Waals surface area (Å²) < 4.78 is 20.5. The average molecular weight is 1370 g/mol. The maximum Gasteiger partial charge on any atom is 0.330 e. The first-order chi connectivity index (χ1) is 47.5. The lowest BCUT2D eigenvalue weighted by molar-refractivity contribution is -0.138. The van der Waals surface area contributed by atoms with Crippen molar-refractivity contribution in [3.05, 3.63) is 50.6 Å². The number of esters is 4. The molecule has 0 spiro atoms.